The fourth-order valence-corrected chi connectivity index (χ4v) is 3.22. The van der Waals surface area contributed by atoms with Crippen LogP contribution in [-0.4, -0.2) is 8.90 Å². The lowest BCUT2D eigenvalue weighted by Crippen LogP contribution is -1.84. The van der Waals surface area contributed by atoms with E-state index >= 15 is 0 Å². The smallest absolute Gasteiger partial charge is 0.275 e. The van der Waals surface area contributed by atoms with E-state index in [0.29, 0.717) is 14.9 Å². The average molecular weight is 433 g/mol. The first-order chi connectivity index (χ1) is 7.54. The lowest BCUT2D eigenvalue weighted by Gasteiger charge is -1.99. The Morgan fingerprint density at radius 1 is 1.56 bits per heavy atom. The summed E-state index contributed by atoms with van der Waals surface area (Å²) in [5, 5.41) is 12.0. The topological polar surface area (TPSA) is 48.1 Å². The van der Waals surface area contributed by atoms with Crippen LogP contribution in [0.1, 0.15) is 0 Å². The summed E-state index contributed by atoms with van der Waals surface area (Å²) in [7, 11) is 1.36. The van der Waals surface area contributed by atoms with Crippen molar-refractivity contribution in [2.75, 3.05) is 0 Å². The average Bonchev–Trinajstić information content (AvgIpc) is 2.57. The van der Waals surface area contributed by atoms with Gasteiger partial charge >= 0.3 is 0 Å². The zero-order chi connectivity index (χ0) is 11.9. The Morgan fingerprint density at radius 2 is 2.25 bits per heavy atom. The lowest BCUT2D eigenvalue weighted by atomic mass is 10.2. The molecule has 1 aromatic heterocycles. The van der Waals surface area contributed by atoms with Crippen LogP contribution in [0.15, 0.2) is 22.8 Å². The van der Waals surface area contributed by atoms with Crippen molar-refractivity contribution in [1.82, 2.24) is 3.97 Å². The minimum Gasteiger partial charge on any atom is -0.275 e. The van der Waals surface area contributed by atoms with Gasteiger partial charge in [0.25, 0.3) is 5.69 Å². The van der Waals surface area contributed by atoms with E-state index in [-0.39, 0.29) is 5.69 Å². The molecule has 0 amide bonds. The number of halogens is 3. The van der Waals surface area contributed by atoms with Gasteiger partial charge in [-0.2, -0.15) is 0 Å². The van der Waals surface area contributed by atoms with E-state index in [1.54, 1.807) is 16.1 Å². The van der Waals surface area contributed by atoms with E-state index < -0.39 is 4.92 Å². The largest absolute Gasteiger partial charge is 0.295 e. The molecule has 0 aliphatic heterocycles. The number of nitro groups is 1. The van der Waals surface area contributed by atoms with E-state index in [1.165, 1.54) is 15.3 Å². The van der Waals surface area contributed by atoms with E-state index in [2.05, 4.69) is 37.1 Å². The van der Waals surface area contributed by atoms with Crippen LogP contribution in [0.25, 0.3) is 10.9 Å². The first-order valence-corrected chi connectivity index (χ1v) is 8.47. The van der Waals surface area contributed by atoms with Gasteiger partial charge in [-0.05, 0) is 28.1 Å². The molecule has 0 saturated carbocycles. The van der Waals surface area contributed by atoms with Gasteiger partial charge in [-0.15, -0.1) is 0 Å². The molecule has 1 heterocycles. The van der Waals surface area contributed by atoms with Gasteiger partial charge in [-0.1, -0.05) is 11.6 Å². The maximum absolute atomic E-state index is 10.9. The highest BCUT2D eigenvalue weighted by molar-refractivity contribution is 14.2. The molecule has 16 heavy (non-hydrogen) atoms. The molecule has 0 radical (unpaired) electrons. The molecule has 1 aromatic carbocycles. The molecule has 0 fully saturated rings. The predicted molar refractivity (Wildman–Crippen MR) is 78.3 cm³/mol. The normalized spacial score (nSPS) is 10.9. The maximum atomic E-state index is 10.9. The highest BCUT2D eigenvalue weighted by atomic mass is 127. The molecule has 0 spiro atoms. The first kappa shape index (κ1) is 12.5. The van der Waals surface area contributed by atoms with Crippen LogP contribution >= 0.6 is 57.9 Å². The van der Waals surface area contributed by atoms with Crippen LogP contribution < -0.4 is 0 Å². The fraction of sp³-hybridized carbons (Fsp3) is 0. The molecular weight excluding hydrogens is 430 g/mol. The van der Waals surface area contributed by atoms with Crippen LogP contribution in [0.3, 0.4) is 0 Å². The van der Waals surface area contributed by atoms with E-state index in [9.17, 15) is 10.1 Å². The lowest BCUT2D eigenvalue weighted by molar-refractivity contribution is -0.383. The van der Waals surface area contributed by atoms with Crippen molar-refractivity contribution in [1.29, 1.82) is 0 Å². The number of rotatable bonds is 2. The van der Waals surface area contributed by atoms with E-state index in [4.69, 9.17) is 11.6 Å². The van der Waals surface area contributed by atoms with Gasteiger partial charge in [0.15, 0.2) is 0 Å². The molecule has 8 heteroatoms. The van der Waals surface area contributed by atoms with Gasteiger partial charge in [0, 0.05) is 34.8 Å². The molecule has 2 aromatic rings. The molecular formula is C8H3BrClIN2O2S. The number of nitrogens with zero attached hydrogens (tertiary/aromatic N) is 2. The third-order valence-corrected chi connectivity index (χ3v) is 4.98. The summed E-state index contributed by atoms with van der Waals surface area (Å²) in [6, 6.07) is 3.37. The summed E-state index contributed by atoms with van der Waals surface area (Å²) in [5.41, 5.74) is 0.816. The van der Waals surface area contributed by atoms with Crippen molar-refractivity contribution < 1.29 is 4.92 Å². The van der Waals surface area contributed by atoms with Gasteiger partial charge in [0.1, 0.15) is 0 Å². The second-order valence-electron chi connectivity index (χ2n) is 2.95. The maximum Gasteiger partial charge on any atom is 0.295 e. The Hall–Kier alpha value is 0.01000. The number of fused-ring (bicyclic) bond motifs is 1. The summed E-state index contributed by atoms with van der Waals surface area (Å²) >= 11 is 11.3. The number of hydrogen-bond donors (Lipinski definition) is 0. The molecule has 0 unspecified atom stereocenters. The number of hydrogen-bond acceptors (Lipinski definition) is 3. The SMILES string of the molecule is O=[N+]([O-])c1cn(SI)c2cc(Cl)c(Br)cc12. The Kier molecular flexibility index (Phi) is 3.67. The third kappa shape index (κ3) is 2.05. The Labute approximate surface area is 120 Å². The van der Waals surface area contributed by atoms with Crippen molar-refractivity contribution in [3.63, 3.8) is 0 Å². The molecule has 0 atom stereocenters. The summed E-state index contributed by atoms with van der Waals surface area (Å²) in [4.78, 5) is 10.5. The molecule has 0 aliphatic rings. The molecule has 2 rings (SSSR count). The van der Waals surface area contributed by atoms with Gasteiger partial charge in [-0.25, -0.2) is 0 Å². The highest BCUT2D eigenvalue weighted by Crippen LogP contribution is 2.37. The minimum atomic E-state index is -0.397. The predicted octanol–water partition coefficient (Wildman–Crippen LogP) is 4.81. The summed E-state index contributed by atoms with van der Waals surface area (Å²) in [5.74, 6) is 0. The second kappa shape index (κ2) is 4.71. The summed E-state index contributed by atoms with van der Waals surface area (Å²) in [6.07, 6.45) is 1.49. The first-order valence-electron chi connectivity index (χ1n) is 3.98. The van der Waals surface area contributed by atoms with Crippen molar-refractivity contribution in [2.45, 2.75) is 0 Å². The van der Waals surface area contributed by atoms with E-state index in [0.717, 1.165) is 5.52 Å². The Morgan fingerprint density at radius 3 is 2.81 bits per heavy atom. The van der Waals surface area contributed by atoms with Gasteiger partial charge < -0.3 is 0 Å². The summed E-state index contributed by atoms with van der Waals surface area (Å²) in [6.45, 7) is 0. The quantitative estimate of drug-likeness (QED) is 0.388. The second-order valence-corrected chi connectivity index (χ2v) is 5.92. The standard InChI is InChI=1S/C8H3BrClIN2O2S/c9-5-1-4-7(2-6(5)10)12(16-11)3-8(4)13(14)15/h1-3H. The molecule has 4 nitrogen and oxygen atoms in total. The molecule has 0 saturated heterocycles. The molecule has 0 N–H and O–H groups in total. The van der Waals surface area contributed by atoms with Crippen molar-refractivity contribution in [2.24, 2.45) is 0 Å². The van der Waals surface area contributed by atoms with Gasteiger partial charge in [0.2, 0.25) is 0 Å². The third-order valence-electron chi connectivity index (χ3n) is 2.06. The summed E-state index contributed by atoms with van der Waals surface area (Å²) < 4.78 is 2.37. The molecule has 84 valence electrons. The fourth-order valence-electron chi connectivity index (χ4n) is 1.38. The van der Waals surface area contributed by atoms with Gasteiger partial charge in [0.05, 0.1) is 27.0 Å². The van der Waals surface area contributed by atoms with Crippen LogP contribution in [-0.2, 0) is 0 Å². The zero-order valence-electron chi connectivity index (χ0n) is 7.49. The van der Waals surface area contributed by atoms with Crippen LogP contribution in [0.2, 0.25) is 5.02 Å². The van der Waals surface area contributed by atoms with Crippen molar-refractivity contribution in [3.05, 3.63) is 37.9 Å². The zero-order valence-corrected chi connectivity index (χ0v) is 12.8. The number of benzene rings is 1. The van der Waals surface area contributed by atoms with E-state index in [1.807, 2.05) is 0 Å². The van der Waals surface area contributed by atoms with Gasteiger partial charge in [-0.3, -0.25) is 14.1 Å². The van der Waals surface area contributed by atoms with Crippen LogP contribution in [0.5, 0.6) is 0 Å². The minimum absolute atomic E-state index is 0.0801. The van der Waals surface area contributed by atoms with Crippen molar-refractivity contribution >= 4 is 74.4 Å². The Bertz CT molecular complexity index is 589. The highest BCUT2D eigenvalue weighted by Gasteiger charge is 2.19. The molecule has 0 aliphatic carbocycles. The number of aromatic nitrogens is 1. The Balaban J connectivity index is 2.85. The monoisotopic (exact) mass is 432 g/mol. The molecule has 0 bridgehead atoms. The van der Waals surface area contributed by atoms with Crippen molar-refractivity contribution in [3.8, 4) is 0 Å². The van der Waals surface area contributed by atoms with Crippen LogP contribution in [0.4, 0.5) is 5.69 Å². The van der Waals surface area contributed by atoms with Crippen LogP contribution in [0, 0.1) is 10.1 Å².